The van der Waals surface area contributed by atoms with Crippen molar-refractivity contribution in [2.75, 3.05) is 11.9 Å². The summed E-state index contributed by atoms with van der Waals surface area (Å²) in [7, 11) is -3.97. The van der Waals surface area contributed by atoms with Crippen molar-refractivity contribution in [2.24, 2.45) is 0 Å². The van der Waals surface area contributed by atoms with E-state index in [-0.39, 0.29) is 11.4 Å². The van der Waals surface area contributed by atoms with Gasteiger partial charge in [-0.3, -0.25) is 4.79 Å². The molecular formula is C23H21Cl3N2O3S. The average Bonchev–Trinajstić information content (AvgIpc) is 2.73. The Morgan fingerprint density at radius 3 is 2.19 bits per heavy atom. The summed E-state index contributed by atoms with van der Waals surface area (Å²) in [5.41, 5.74) is 2.87. The van der Waals surface area contributed by atoms with Crippen molar-refractivity contribution in [3.8, 4) is 0 Å². The molecule has 0 saturated carbocycles. The van der Waals surface area contributed by atoms with E-state index in [9.17, 15) is 13.2 Å². The monoisotopic (exact) mass is 510 g/mol. The molecule has 32 heavy (non-hydrogen) atoms. The molecule has 0 bridgehead atoms. The number of nitrogens with one attached hydrogen (secondary N) is 1. The highest BCUT2D eigenvalue weighted by atomic mass is 35.5. The fourth-order valence-electron chi connectivity index (χ4n) is 2.96. The molecule has 0 fully saturated rings. The molecule has 0 aliphatic rings. The van der Waals surface area contributed by atoms with Crippen LogP contribution in [0.1, 0.15) is 16.7 Å². The van der Waals surface area contributed by atoms with Gasteiger partial charge in [-0.25, -0.2) is 8.42 Å². The fourth-order valence-corrected chi connectivity index (χ4v) is 4.84. The van der Waals surface area contributed by atoms with Gasteiger partial charge in [-0.15, -0.1) is 0 Å². The molecule has 1 N–H and O–H groups in total. The van der Waals surface area contributed by atoms with Gasteiger partial charge in [0.1, 0.15) is 0 Å². The zero-order valence-electron chi connectivity index (χ0n) is 17.4. The minimum absolute atomic E-state index is 0.0603. The molecular weight excluding hydrogens is 491 g/mol. The molecule has 3 rings (SSSR count). The Morgan fingerprint density at radius 1 is 0.875 bits per heavy atom. The molecule has 168 valence electrons. The third kappa shape index (κ3) is 6.03. The molecule has 1 amide bonds. The highest BCUT2D eigenvalue weighted by Crippen LogP contribution is 2.26. The molecule has 0 atom stereocenters. The van der Waals surface area contributed by atoms with Gasteiger partial charge in [-0.2, -0.15) is 4.31 Å². The SMILES string of the molecule is Cc1ccc(S(=O)(=O)N(CC(=O)Nc2ccc(C)c(Cl)c2)Cc2ccc(Cl)c(Cl)c2)cc1. The number of halogens is 3. The normalized spacial score (nSPS) is 11.6. The summed E-state index contributed by atoms with van der Waals surface area (Å²) in [4.78, 5) is 12.8. The van der Waals surface area contributed by atoms with Crippen LogP contribution in [0.15, 0.2) is 65.6 Å². The number of amides is 1. The van der Waals surface area contributed by atoms with Crippen molar-refractivity contribution < 1.29 is 13.2 Å². The number of hydrogen-bond donors (Lipinski definition) is 1. The number of hydrogen-bond acceptors (Lipinski definition) is 3. The Bertz CT molecular complexity index is 1250. The molecule has 0 spiro atoms. The number of sulfonamides is 1. The van der Waals surface area contributed by atoms with Crippen molar-refractivity contribution in [2.45, 2.75) is 25.3 Å². The zero-order valence-corrected chi connectivity index (χ0v) is 20.5. The van der Waals surface area contributed by atoms with E-state index in [0.717, 1.165) is 15.4 Å². The smallest absolute Gasteiger partial charge is 0.243 e. The highest BCUT2D eigenvalue weighted by molar-refractivity contribution is 7.89. The van der Waals surface area contributed by atoms with E-state index in [2.05, 4.69) is 5.32 Å². The van der Waals surface area contributed by atoms with Crippen LogP contribution in [-0.4, -0.2) is 25.2 Å². The van der Waals surface area contributed by atoms with Crippen molar-refractivity contribution in [1.82, 2.24) is 4.31 Å². The first-order chi connectivity index (χ1) is 15.1. The third-order valence-electron chi connectivity index (χ3n) is 4.78. The molecule has 0 unspecified atom stereocenters. The number of anilines is 1. The molecule has 0 saturated heterocycles. The Kier molecular flexibility index (Phi) is 7.85. The number of carbonyl (C=O) groups is 1. The van der Waals surface area contributed by atoms with Crippen LogP contribution in [0.3, 0.4) is 0 Å². The van der Waals surface area contributed by atoms with Gasteiger partial charge in [-0.1, -0.05) is 64.6 Å². The third-order valence-corrected chi connectivity index (χ3v) is 7.73. The number of nitrogens with zero attached hydrogens (tertiary/aromatic N) is 1. The second-order valence-corrected chi connectivity index (χ2v) is 10.5. The Labute approximate surface area is 203 Å². The van der Waals surface area contributed by atoms with Gasteiger partial charge in [0, 0.05) is 17.3 Å². The van der Waals surface area contributed by atoms with Crippen LogP contribution in [0.2, 0.25) is 15.1 Å². The van der Waals surface area contributed by atoms with Crippen LogP contribution in [-0.2, 0) is 21.4 Å². The molecule has 0 aliphatic heterocycles. The highest BCUT2D eigenvalue weighted by Gasteiger charge is 2.27. The maximum atomic E-state index is 13.4. The molecule has 3 aromatic rings. The zero-order chi connectivity index (χ0) is 23.5. The summed E-state index contributed by atoms with van der Waals surface area (Å²) in [6.07, 6.45) is 0. The van der Waals surface area contributed by atoms with Gasteiger partial charge in [0.05, 0.1) is 21.5 Å². The predicted octanol–water partition coefficient (Wildman–Crippen LogP) is 6.09. The summed E-state index contributed by atoms with van der Waals surface area (Å²) >= 11 is 18.2. The Hall–Kier alpha value is -2.09. The fraction of sp³-hybridized carbons (Fsp3) is 0.174. The largest absolute Gasteiger partial charge is 0.325 e. The first kappa shape index (κ1) is 24.6. The minimum atomic E-state index is -3.97. The van der Waals surface area contributed by atoms with Crippen molar-refractivity contribution in [1.29, 1.82) is 0 Å². The topological polar surface area (TPSA) is 66.5 Å². The standard InChI is InChI=1S/C23H21Cl3N2O3S/c1-15-3-8-19(9-4-15)32(30,31)28(13-17-6-10-20(24)22(26)11-17)14-23(29)27-18-7-5-16(2)21(25)12-18/h3-12H,13-14H2,1-2H3,(H,27,29). The second kappa shape index (κ2) is 10.2. The van der Waals surface area contributed by atoms with Crippen molar-refractivity contribution in [3.63, 3.8) is 0 Å². The lowest BCUT2D eigenvalue weighted by Crippen LogP contribution is -2.37. The molecule has 0 aliphatic carbocycles. The maximum absolute atomic E-state index is 13.4. The van der Waals surface area contributed by atoms with Crippen LogP contribution in [0.4, 0.5) is 5.69 Å². The quantitative estimate of drug-likeness (QED) is 0.417. The van der Waals surface area contributed by atoms with Gasteiger partial charge >= 0.3 is 0 Å². The van der Waals surface area contributed by atoms with Gasteiger partial charge < -0.3 is 5.32 Å². The van der Waals surface area contributed by atoms with Crippen LogP contribution >= 0.6 is 34.8 Å². The molecule has 5 nitrogen and oxygen atoms in total. The van der Waals surface area contributed by atoms with Crippen LogP contribution in [0, 0.1) is 13.8 Å². The summed E-state index contributed by atoms with van der Waals surface area (Å²) < 4.78 is 27.8. The molecule has 0 radical (unpaired) electrons. The van der Waals surface area contributed by atoms with Crippen molar-refractivity contribution >= 4 is 56.4 Å². The van der Waals surface area contributed by atoms with E-state index >= 15 is 0 Å². The number of benzene rings is 3. The van der Waals surface area contributed by atoms with Gasteiger partial charge in [0.2, 0.25) is 15.9 Å². The molecule has 0 aromatic heterocycles. The summed E-state index contributed by atoms with van der Waals surface area (Å²) in [5, 5.41) is 3.87. The van der Waals surface area contributed by atoms with Crippen LogP contribution in [0.25, 0.3) is 0 Å². The maximum Gasteiger partial charge on any atom is 0.243 e. The molecule has 3 aromatic carbocycles. The van der Waals surface area contributed by atoms with E-state index in [1.807, 2.05) is 13.8 Å². The van der Waals surface area contributed by atoms with E-state index in [0.29, 0.717) is 26.3 Å². The van der Waals surface area contributed by atoms with Crippen LogP contribution < -0.4 is 5.32 Å². The molecule has 9 heteroatoms. The average molecular weight is 512 g/mol. The lowest BCUT2D eigenvalue weighted by molar-refractivity contribution is -0.116. The van der Waals surface area contributed by atoms with E-state index < -0.39 is 22.5 Å². The van der Waals surface area contributed by atoms with Gasteiger partial charge in [-0.05, 0) is 61.4 Å². The van der Waals surface area contributed by atoms with Gasteiger partial charge in [0.25, 0.3) is 0 Å². The number of rotatable bonds is 7. The van der Waals surface area contributed by atoms with Gasteiger partial charge in [0.15, 0.2) is 0 Å². The number of carbonyl (C=O) groups excluding carboxylic acids is 1. The van der Waals surface area contributed by atoms with E-state index in [1.165, 1.54) is 12.1 Å². The predicted molar refractivity (Wildman–Crippen MR) is 130 cm³/mol. The molecule has 0 heterocycles. The minimum Gasteiger partial charge on any atom is -0.325 e. The summed E-state index contributed by atoms with van der Waals surface area (Å²) in [5.74, 6) is -0.499. The van der Waals surface area contributed by atoms with Crippen molar-refractivity contribution in [3.05, 3.63) is 92.4 Å². The first-order valence-corrected chi connectivity index (χ1v) is 12.2. The van der Waals surface area contributed by atoms with E-state index in [4.69, 9.17) is 34.8 Å². The van der Waals surface area contributed by atoms with Crippen LogP contribution in [0.5, 0.6) is 0 Å². The Morgan fingerprint density at radius 2 is 1.56 bits per heavy atom. The first-order valence-electron chi connectivity index (χ1n) is 9.63. The lowest BCUT2D eigenvalue weighted by Gasteiger charge is -2.22. The Balaban J connectivity index is 1.89. The number of aryl methyl sites for hydroxylation is 2. The summed E-state index contributed by atoms with van der Waals surface area (Å²) in [6, 6.07) is 16.4. The second-order valence-electron chi connectivity index (χ2n) is 7.35. The summed E-state index contributed by atoms with van der Waals surface area (Å²) in [6.45, 7) is 3.25. The van der Waals surface area contributed by atoms with E-state index in [1.54, 1.807) is 48.5 Å². The lowest BCUT2D eigenvalue weighted by atomic mass is 10.2.